The van der Waals surface area contributed by atoms with Crippen LogP contribution >= 0.6 is 11.8 Å². The molecule has 4 aromatic rings. The highest BCUT2D eigenvalue weighted by molar-refractivity contribution is 7.99. The molecule has 2 aromatic heterocycles. The van der Waals surface area contributed by atoms with Gasteiger partial charge in [0, 0.05) is 29.0 Å². The fraction of sp³-hybridized carbons (Fsp3) is 0.182. The molecule has 0 fully saturated rings. The second-order valence-electron chi connectivity index (χ2n) is 7.14. The van der Waals surface area contributed by atoms with Crippen LogP contribution in [-0.4, -0.2) is 38.5 Å². The molecule has 0 bridgehead atoms. The van der Waals surface area contributed by atoms with Crippen LogP contribution in [0.3, 0.4) is 0 Å². The Bertz CT molecular complexity index is 1370. The van der Waals surface area contributed by atoms with Crippen LogP contribution < -0.4 is 20.3 Å². The Labute approximate surface area is 187 Å². The largest absolute Gasteiger partial charge is 0.486 e. The van der Waals surface area contributed by atoms with Crippen LogP contribution in [0.2, 0.25) is 0 Å². The first kappa shape index (κ1) is 20.1. The average Bonchev–Trinajstić information content (AvgIpc) is 3.18. The molecule has 1 amide bonds. The summed E-state index contributed by atoms with van der Waals surface area (Å²) >= 11 is 1.50. The molecule has 0 aliphatic carbocycles. The van der Waals surface area contributed by atoms with Crippen molar-refractivity contribution < 1.29 is 14.3 Å². The summed E-state index contributed by atoms with van der Waals surface area (Å²) in [5.74, 6) is 0.846. The first-order valence-electron chi connectivity index (χ1n) is 9.92. The van der Waals surface area contributed by atoms with E-state index in [0.29, 0.717) is 41.4 Å². The highest BCUT2D eigenvalue weighted by atomic mass is 32.2. The smallest absolute Gasteiger partial charge is 0.264 e. The lowest BCUT2D eigenvalue weighted by Crippen LogP contribution is -2.28. The Balaban J connectivity index is 1.43. The van der Waals surface area contributed by atoms with Crippen molar-refractivity contribution in [2.24, 2.45) is 7.05 Å². The molecule has 0 atom stereocenters. The molecular formula is C22H19N5O4S. The van der Waals surface area contributed by atoms with Gasteiger partial charge >= 0.3 is 0 Å². The van der Waals surface area contributed by atoms with E-state index in [1.807, 2.05) is 36.4 Å². The maximum Gasteiger partial charge on any atom is 0.264 e. The third kappa shape index (κ3) is 3.92. The number of nitrogens with one attached hydrogen (secondary N) is 1. The Hall–Kier alpha value is -3.79. The maximum atomic E-state index is 12.8. The molecule has 0 saturated heterocycles. The van der Waals surface area contributed by atoms with Crippen LogP contribution in [0.1, 0.15) is 0 Å². The molecule has 162 valence electrons. The van der Waals surface area contributed by atoms with Gasteiger partial charge in [0.05, 0.1) is 11.9 Å². The number of rotatable bonds is 5. The molecule has 3 heterocycles. The van der Waals surface area contributed by atoms with E-state index in [1.165, 1.54) is 33.5 Å². The molecule has 5 rings (SSSR count). The number of carbonyl (C=O) groups excluding carboxylic acids is 1. The van der Waals surface area contributed by atoms with Gasteiger partial charge in [-0.15, -0.1) is 0 Å². The zero-order valence-corrected chi connectivity index (χ0v) is 18.0. The van der Waals surface area contributed by atoms with E-state index in [4.69, 9.17) is 9.47 Å². The summed E-state index contributed by atoms with van der Waals surface area (Å²) in [5, 5.41) is 7.32. The lowest BCUT2D eigenvalue weighted by atomic mass is 10.2. The van der Waals surface area contributed by atoms with Crippen LogP contribution in [0, 0.1) is 0 Å². The molecule has 9 nitrogen and oxygen atoms in total. The topological polar surface area (TPSA) is 100 Å². The quantitative estimate of drug-likeness (QED) is 0.500. The van der Waals surface area contributed by atoms with Crippen LogP contribution in [-0.2, 0) is 18.4 Å². The van der Waals surface area contributed by atoms with Crippen molar-refractivity contribution in [3.8, 4) is 11.5 Å². The standard InChI is InChI=1S/C22H19N5O4S/c1-26-21-15(11-24-26)22(29)27(13-23-21)12-20(28)25-16-9-17-18(31-8-7-30-17)10-19(16)32-14-5-3-2-4-6-14/h2-6,9-11,13H,7-8,12H2,1H3,(H,25,28). The highest BCUT2D eigenvalue weighted by Crippen LogP contribution is 2.42. The third-order valence-electron chi connectivity index (χ3n) is 4.92. The molecule has 1 N–H and O–H groups in total. The number of aryl methyl sites for hydroxylation is 1. The van der Waals surface area contributed by atoms with E-state index in [1.54, 1.807) is 13.1 Å². The fourth-order valence-corrected chi connectivity index (χ4v) is 4.32. The van der Waals surface area contributed by atoms with E-state index < -0.39 is 0 Å². The molecule has 1 aliphatic rings. The SMILES string of the molecule is Cn1ncc2c(=O)n(CC(=O)Nc3cc4c(cc3Sc3ccccc3)OCCO4)cnc21. The molecule has 0 saturated carbocycles. The predicted octanol–water partition coefficient (Wildman–Crippen LogP) is 2.69. The number of amides is 1. The number of ether oxygens (including phenoxy) is 2. The van der Waals surface area contributed by atoms with Crippen molar-refractivity contribution in [2.45, 2.75) is 16.3 Å². The van der Waals surface area contributed by atoms with E-state index in [0.717, 1.165) is 9.79 Å². The minimum atomic E-state index is -0.358. The number of aromatic nitrogens is 4. The predicted molar refractivity (Wildman–Crippen MR) is 119 cm³/mol. The highest BCUT2D eigenvalue weighted by Gasteiger charge is 2.19. The average molecular weight is 449 g/mol. The van der Waals surface area contributed by atoms with Gasteiger partial charge in [-0.2, -0.15) is 5.10 Å². The lowest BCUT2D eigenvalue weighted by molar-refractivity contribution is -0.116. The van der Waals surface area contributed by atoms with Crippen molar-refractivity contribution in [1.29, 1.82) is 0 Å². The minimum Gasteiger partial charge on any atom is -0.486 e. The summed E-state index contributed by atoms with van der Waals surface area (Å²) in [5.41, 5.74) is 0.732. The van der Waals surface area contributed by atoms with Gasteiger partial charge in [-0.25, -0.2) is 4.98 Å². The number of carbonyl (C=O) groups is 1. The van der Waals surface area contributed by atoms with Gasteiger partial charge in [-0.05, 0) is 12.1 Å². The van der Waals surface area contributed by atoms with Gasteiger partial charge in [0.25, 0.3) is 5.56 Å². The zero-order chi connectivity index (χ0) is 22.1. The van der Waals surface area contributed by atoms with E-state index in [2.05, 4.69) is 15.4 Å². The van der Waals surface area contributed by atoms with Gasteiger partial charge in [0.1, 0.15) is 31.5 Å². The van der Waals surface area contributed by atoms with Crippen molar-refractivity contribution in [1.82, 2.24) is 19.3 Å². The van der Waals surface area contributed by atoms with Gasteiger partial charge in [0.2, 0.25) is 5.91 Å². The number of fused-ring (bicyclic) bond motifs is 2. The second kappa shape index (κ2) is 8.39. The summed E-state index contributed by atoms with van der Waals surface area (Å²) < 4.78 is 14.2. The van der Waals surface area contributed by atoms with Crippen LogP contribution in [0.25, 0.3) is 11.0 Å². The Morgan fingerprint density at radius 1 is 1.16 bits per heavy atom. The lowest BCUT2D eigenvalue weighted by Gasteiger charge is -2.21. The third-order valence-corrected chi connectivity index (χ3v) is 5.99. The van der Waals surface area contributed by atoms with Crippen molar-refractivity contribution in [2.75, 3.05) is 18.5 Å². The minimum absolute atomic E-state index is 0.180. The fourth-order valence-electron chi connectivity index (χ4n) is 3.39. The summed E-state index contributed by atoms with van der Waals surface area (Å²) in [6.45, 7) is 0.735. The number of anilines is 1. The van der Waals surface area contributed by atoms with E-state index in [9.17, 15) is 9.59 Å². The summed E-state index contributed by atoms with van der Waals surface area (Å²) in [7, 11) is 1.71. The van der Waals surface area contributed by atoms with Crippen molar-refractivity contribution in [3.05, 3.63) is 65.3 Å². The first-order chi connectivity index (χ1) is 15.6. The Morgan fingerprint density at radius 2 is 1.91 bits per heavy atom. The van der Waals surface area contributed by atoms with E-state index >= 15 is 0 Å². The number of nitrogens with zero attached hydrogens (tertiary/aromatic N) is 4. The van der Waals surface area contributed by atoms with Gasteiger partial charge in [-0.3, -0.25) is 18.8 Å². The van der Waals surface area contributed by atoms with Crippen molar-refractivity contribution >= 4 is 34.4 Å². The van der Waals surface area contributed by atoms with Gasteiger partial charge < -0.3 is 14.8 Å². The van der Waals surface area contributed by atoms with Gasteiger partial charge in [0.15, 0.2) is 17.1 Å². The Kier molecular flexibility index (Phi) is 5.28. The van der Waals surface area contributed by atoms with Crippen molar-refractivity contribution in [3.63, 3.8) is 0 Å². The number of hydrogen-bond acceptors (Lipinski definition) is 7. The van der Waals surface area contributed by atoms with Crippen LogP contribution in [0.4, 0.5) is 5.69 Å². The van der Waals surface area contributed by atoms with E-state index in [-0.39, 0.29) is 18.0 Å². The summed E-state index contributed by atoms with van der Waals surface area (Å²) in [6, 6.07) is 13.4. The molecule has 1 aliphatic heterocycles. The van der Waals surface area contributed by atoms with Crippen LogP contribution in [0.15, 0.2) is 69.6 Å². The molecular weight excluding hydrogens is 430 g/mol. The maximum absolute atomic E-state index is 12.8. The number of hydrogen-bond donors (Lipinski definition) is 1. The molecule has 2 aromatic carbocycles. The monoisotopic (exact) mass is 449 g/mol. The molecule has 0 radical (unpaired) electrons. The number of benzene rings is 2. The Morgan fingerprint density at radius 3 is 2.69 bits per heavy atom. The molecule has 0 spiro atoms. The normalized spacial score (nSPS) is 12.7. The molecule has 32 heavy (non-hydrogen) atoms. The van der Waals surface area contributed by atoms with Gasteiger partial charge in [-0.1, -0.05) is 30.0 Å². The molecule has 10 heteroatoms. The van der Waals surface area contributed by atoms with Crippen LogP contribution in [0.5, 0.6) is 11.5 Å². The molecule has 0 unspecified atom stereocenters. The summed E-state index contributed by atoms with van der Waals surface area (Å²) in [6.07, 6.45) is 2.81. The second-order valence-corrected chi connectivity index (χ2v) is 8.25. The summed E-state index contributed by atoms with van der Waals surface area (Å²) in [4.78, 5) is 31.6. The zero-order valence-electron chi connectivity index (χ0n) is 17.1. The first-order valence-corrected chi connectivity index (χ1v) is 10.7.